The molecule has 0 amide bonds. The van der Waals surface area contributed by atoms with E-state index in [1.165, 1.54) is 11.1 Å². The molecule has 0 heterocycles. The highest BCUT2D eigenvalue weighted by atomic mass is 16.5. The molecule has 0 bridgehead atoms. The largest absolute Gasteiger partial charge is 0.493 e. The van der Waals surface area contributed by atoms with Crippen molar-refractivity contribution in [1.82, 2.24) is 0 Å². The lowest BCUT2D eigenvalue weighted by atomic mass is 9.83. The first-order chi connectivity index (χ1) is 10.3. The first-order valence-corrected chi connectivity index (χ1v) is 8.67. The molecular formula is C21H34O. The van der Waals surface area contributed by atoms with Crippen molar-refractivity contribution in [2.45, 2.75) is 72.6 Å². The van der Waals surface area contributed by atoms with Crippen LogP contribution in [-0.2, 0) is 5.41 Å². The van der Waals surface area contributed by atoms with E-state index < -0.39 is 0 Å². The number of ether oxygens (including phenoxy) is 1. The van der Waals surface area contributed by atoms with Crippen molar-refractivity contribution in [2.24, 2.45) is 5.92 Å². The summed E-state index contributed by atoms with van der Waals surface area (Å²) in [6.07, 6.45) is 6.76. The van der Waals surface area contributed by atoms with Gasteiger partial charge in [-0.3, -0.25) is 0 Å². The third-order valence-electron chi connectivity index (χ3n) is 3.84. The van der Waals surface area contributed by atoms with Crippen LogP contribution in [0, 0.1) is 5.92 Å². The number of rotatable bonds is 7. The Bertz CT molecular complexity index is 477. The van der Waals surface area contributed by atoms with Crippen LogP contribution in [0.3, 0.4) is 0 Å². The van der Waals surface area contributed by atoms with Crippen LogP contribution in [0.25, 0.3) is 0 Å². The van der Waals surface area contributed by atoms with Gasteiger partial charge < -0.3 is 4.74 Å². The second kappa shape index (κ2) is 8.41. The van der Waals surface area contributed by atoms with Crippen LogP contribution in [0.4, 0.5) is 0 Å². The molecule has 0 aliphatic carbocycles. The van der Waals surface area contributed by atoms with Gasteiger partial charge >= 0.3 is 0 Å². The molecule has 1 aromatic carbocycles. The molecule has 0 N–H and O–H groups in total. The summed E-state index contributed by atoms with van der Waals surface area (Å²) < 4.78 is 6.04. The lowest BCUT2D eigenvalue weighted by Crippen LogP contribution is -2.16. The highest BCUT2D eigenvalue weighted by Gasteiger charge is 2.20. The van der Waals surface area contributed by atoms with Crippen LogP contribution in [-0.4, -0.2) is 6.61 Å². The Kier molecular flexibility index (Phi) is 7.19. The molecule has 1 rings (SSSR count). The molecule has 0 saturated heterocycles. The number of hydrogen-bond donors (Lipinski definition) is 0. The highest BCUT2D eigenvalue weighted by Crippen LogP contribution is 2.35. The minimum atomic E-state index is 0.0985. The third-order valence-corrected chi connectivity index (χ3v) is 3.84. The fraction of sp³-hybridized carbons (Fsp3) is 0.619. The normalized spacial score (nSPS) is 13.8. The first kappa shape index (κ1) is 18.8. The van der Waals surface area contributed by atoms with E-state index in [1.807, 2.05) is 0 Å². The monoisotopic (exact) mass is 302 g/mol. The van der Waals surface area contributed by atoms with Crippen LogP contribution in [0.5, 0.6) is 5.75 Å². The molecule has 0 spiro atoms. The molecule has 0 saturated carbocycles. The Morgan fingerprint density at radius 3 is 2.32 bits per heavy atom. The maximum Gasteiger partial charge on any atom is 0.123 e. The molecule has 0 aliphatic rings. The summed E-state index contributed by atoms with van der Waals surface area (Å²) in [6.45, 7) is 16.4. The minimum absolute atomic E-state index is 0.0985. The summed E-state index contributed by atoms with van der Waals surface area (Å²) in [7, 11) is 0. The van der Waals surface area contributed by atoms with Gasteiger partial charge in [0.25, 0.3) is 0 Å². The van der Waals surface area contributed by atoms with Crippen molar-refractivity contribution in [2.75, 3.05) is 6.61 Å². The summed E-state index contributed by atoms with van der Waals surface area (Å²) in [4.78, 5) is 0. The molecule has 1 aromatic rings. The van der Waals surface area contributed by atoms with Crippen molar-refractivity contribution >= 4 is 0 Å². The molecule has 0 aromatic heterocycles. The first-order valence-electron chi connectivity index (χ1n) is 8.67. The summed E-state index contributed by atoms with van der Waals surface area (Å²) >= 11 is 0. The summed E-state index contributed by atoms with van der Waals surface area (Å²) in [5, 5.41) is 0. The van der Waals surface area contributed by atoms with Gasteiger partial charge in [0.15, 0.2) is 0 Å². The van der Waals surface area contributed by atoms with Crippen molar-refractivity contribution in [1.29, 1.82) is 0 Å². The molecule has 0 fully saturated rings. The molecule has 1 unspecified atom stereocenters. The van der Waals surface area contributed by atoms with E-state index in [1.54, 1.807) is 0 Å². The summed E-state index contributed by atoms with van der Waals surface area (Å²) in [5.74, 6) is 2.13. The maximum absolute atomic E-state index is 6.04. The van der Waals surface area contributed by atoms with E-state index in [0.29, 0.717) is 11.8 Å². The smallest absolute Gasteiger partial charge is 0.123 e. The van der Waals surface area contributed by atoms with Crippen LogP contribution in [0.15, 0.2) is 30.4 Å². The van der Waals surface area contributed by atoms with Crippen LogP contribution in [0.1, 0.15) is 78.4 Å². The fourth-order valence-corrected chi connectivity index (χ4v) is 2.43. The van der Waals surface area contributed by atoms with E-state index in [4.69, 9.17) is 4.74 Å². The van der Waals surface area contributed by atoms with Gasteiger partial charge in [-0.05, 0) is 47.3 Å². The van der Waals surface area contributed by atoms with Crippen molar-refractivity contribution < 1.29 is 4.74 Å². The van der Waals surface area contributed by atoms with Crippen molar-refractivity contribution in [3.05, 3.63) is 41.5 Å². The number of allylic oxidation sites excluding steroid dienone is 2. The quantitative estimate of drug-likeness (QED) is 0.524. The second-order valence-electron chi connectivity index (χ2n) is 7.73. The van der Waals surface area contributed by atoms with Crippen molar-refractivity contribution in [3.63, 3.8) is 0 Å². The predicted octanol–water partition coefficient (Wildman–Crippen LogP) is 6.48. The highest BCUT2D eigenvalue weighted by molar-refractivity contribution is 5.42. The van der Waals surface area contributed by atoms with Crippen LogP contribution < -0.4 is 4.74 Å². The zero-order valence-electron chi connectivity index (χ0n) is 15.6. The van der Waals surface area contributed by atoms with Gasteiger partial charge in [0.2, 0.25) is 0 Å². The minimum Gasteiger partial charge on any atom is -0.493 e. The Morgan fingerprint density at radius 2 is 1.77 bits per heavy atom. The van der Waals surface area contributed by atoms with Crippen molar-refractivity contribution in [3.8, 4) is 5.75 Å². The summed E-state index contributed by atoms with van der Waals surface area (Å²) in [6, 6.07) is 6.74. The molecule has 0 aliphatic heterocycles. The van der Waals surface area contributed by atoms with E-state index in [2.05, 4.69) is 78.8 Å². The molecular weight excluding hydrogens is 268 g/mol. The second-order valence-corrected chi connectivity index (χ2v) is 7.73. The molecule has 124 valence electrons. The van der Waals surface area contributed by atoms with E-state index >= 15 is 0 Å². The molecule has 1 atom stereocenters. The van der Waals surface area contributed by atoms with Gasteiger partial charge in [0.1, 0.15) is 5.75 Å². The topological polar surface area (TPSA) is 9.23 Å². The lowest BCUT2D eigenvalue weighted by molar-refractivity contribution is 0.265. The van der Waals surface area contributed by atoms with E-state index in [-0.39, 0.29) is 5.41 Å². The van der Waals surface area contributed by atoms with E-state index in [9.17, 15) is 0 Å². The molecule has 0 radical (unpaired) electrons. The lowest BCUT2D eigenvalue weighted by Gasteiger charge is -2.25. The van der Waals surface area contributed by atoms with Crippen LogP contribution >= 0.6 is 0 Å². The van der Waals surface area contributed by atoms with Crippen LogP contribution in [0.2, 0.25) is 0 Å². The molecule has 1 heteroatoms. The number of hydrogen-bond acceptors (Lipinski definition) is 1. The Morgan fingerprint density at radius 1 is 1.09 bits per heavy atom. The third kappa shape index (κ3) is 5.87. The van der Waals surface area contributed by atoms with E-state index in [0.717, 1.165) is 25.2 Å². The standard InChI is InChI=1S/C21H34O/c1-8-9-10-11-17(4)18-12-13-20(22-15-16(2)3)19(14-18)21(5,6)7/h9-10,12-14,16-17H,8,11,15H2,1-7H3/b10-9-. The van der Waals surface area contributed by atoms with Gasteiger partial charge in [-0.2, -0.15) is 0 Å². The van der Waals surface area contributed by atoms with Gasteiger partial charge in [-0.1, -0.05) is 72.8 Å². The van der Waals surface area contributed by atoms with Gasteiger partial charge in [-0.15, -0.1) is 0 Å². The predicted molar refractivity (Wildman–Crippen MR) is 97.9 cm³/mol. The van der Waals surface area contributed by atoms with Gasteiger partial charge in [-0.25, -0.2) is 0 Å². The average Bonchev–Trinajstić information content (AvgIpc) is 2.44. The Labute approximate surface area is 137 Å². The zero-order chi connectivity index (χ0) is 16.8. The average molecular weight is 303 g/mol. The molecule has 1 nitrogen and oxygen atoms in total. The maximum atomic E-state index is 6.04. The number of benzene rings is 1. The zero-order valence-corrected chi connectivity index (χ0v) is 15.6. The molecule has 22 heavy (non-hydrogen) atoms. The Hall–Kier alpha value is -1.24. The SMILES string of the molecule is CC/C=C\CC(C)c1ccc(OCC(C)C)c(C(C)(C)C)c1. The Balaban J connectivity index is 3.01. The fourth-order valence-electron chi connectivity index (χ4n) is 2.43. The summed E-state index contributed by atoms with van der Waals surface area (Å²) in [5.41, 5.74) is 2.82. The van der Waals surface area contributed by atoms with Gasteiger partial charge in [0.05, 0.1) is 6.61 Å². The van der Waals surface area contributed by atoms with Gasteiger partial charge in [0, 0.05) is 0 Å².